The predicted octanol–water partition coefficient (Wildman–Crippen LogP) is 5.01. The van der Waals surface area contributed by atoms with E-state index in [-0.39, 0.29) is 4.90 Å². The molecular weight excluding hydrogens is 382 g/mol. The van der Waals surface area contributed by atoms with Crippen LogP contribution < -0.4 is 0 Å². The second-order valence-corrected chi connectivity index (χ2v) is 8.66. The lowest BCUT2D eigenvalue weighted by atomic mass is 10.1. The van der Waals surface area contributed by atoms with Crippen LogP contribution in [0.25, 0.3) is 22.5 Å². The number of nitrogens with one attached hydrogen (secondary N) is 1. The third kappa shape index (κ3) is 4.05. The summed E-state index contributed by atoms with van der Waals surface area (Å²) in [5.74, 6) is -1.00. The van der Waals surface area contributed by atoms with Gasteiger partial charge >= 0.3 is 0 Å². The number of H-pyrrole nitrogens is 1. The van der Waals surface area contributed by atoms with Crippen molar-refractivity contribution in [3.63, 3.8) is 0 Å². The monoisotopic (exact) mass is 401 g/mol. The number of rotatable bonds is 6. The van der Waals surface area contributed by atoms with Crippen LogP contribution in [0.3, 0.4) is 0 Å². The average molecular weight is 401 g/mol. The van der Waals surface area contributed by atoms with E-state index in [0.717, 1.165) is 11.1 Å². The molecule has 3 aromatic carbocycles. The standard InChI is InChI=1S/C24H19NO3S/c26-22(19-12-6-2-7-13-19)17-29(27,28)23-16-21(18-10-4-1-5-11-18)25-24(23)20-14-8-3-9-15-20/h1-16,25H,17H2. The molecule has 1 heterocycles. The third-order valence-corrected chi connectivity index (χ3v) is 6.32. The van der Waals surface area contributed by atoms with Crippen molar-refractivity contribution in [2.75, 3.05) is 5.75 Å². The zero-order valence-electron chi connectivity index (χ0n) is 15.6. The summed E-state index contributed by atoms with van der Waals surface area (Å²) < 4.78 is 26.4. The summed E-state index contributed by atoms with van der Waals surface area (Å²) in [6.07, 6.45) is 0. The highest BCUT2D eigenvalue weighted by Gasteiger charge is 2.26. The van der Waals surface area contributed by atoms with Crippen molar-refractivity contribution in [1.29, 1.82) is 0 Å². The summed E-state index contributed by atoms with van der Waals surface area (Å²) >= 11 is 0. The Kier molecular flexibility index (Phi) is 5.14. The molecule has 0 amide bonds. The van der Waals surface area contributed by atoms with E-state index in [4.69, 9.17) is 0 Å². The van der Waals surface area contributed by atoms with Gasteiger partial charge in [-0.1, -0.05) is 91.0 Å². The van der Waals surface area contributed by atoms with Crippen LogP contribution in [0, 0.1) is 0 Å². The summed E-state index contributed by atoms with van der Waals surface area (Å²) in [5.41, 5.74) is 3.19. The lowest BCUT2D eigenvalue weighted by Crippen LogP contribution is -2.16. The lowest BCUT2D eigenvalue weighted by Gasteiger charge is -2.06. The number of ketones is 1. The Bertz CT molecular complexity index is 1230. The van der Waals surface area contributed by atoms with E-state index in [2.05, 4.69) is 4.98 Å². The summed E-state index contributed by atoms with van der Waals surface area (Å²) in [4.78, 5) is 15.9. The largest absolute Gasteiger partial charge is 0.353 e. The molecule has 4 rings (SSSR count). The first-order valence-corrected chi connectivity index (χ1v) is 10.8. The quantitative estimate of drug-likeness (QED) is 0.462. The number of aromatic amines is 1. The SMILES string of the molecule is O=C(CS(=O)(=O)c1cc(-c2ccccc2)[nH]c1-c1ccccc1)c1ccccc1. The van der Waals surface area contributed by atoms with E-state index >= 15 is 0 Å². The number of Topliss-reactive ketones (excluding diaryl/α,β-unsaturated/α-hetero) is 1. The van der Waals surface area contributed by atoms with Crippen LogP contribution in [-0.2, 0) is 9.84 Å². The maximum atomic E-state index is 13.2. The molecule has 29 heavy (non-hydrogen) atoms. The minimum Gasteiger partial charge on any atom is -0.353 e. The number of sulfone groups is 1. The van der Waals surface area contributed by atoms with Gasteiger partial charge in [-0.3, -0.25) is 4.79 Å². The lowest BCUT2D eigenvalue weighted by molar-refractivity contribution is 0.102. The number of hydrogen-bond donors (Lipinski definition) is 1. The molecule has 0 aliphatic rings. The van der Waals surface area contributed by atoms with Crippen LogP contribution in [0.15, 0.2) is 102 Å². The molecule has 0 saturated heterocycles. The summed E-state index contributed by atoms with van der Waals surface area (Å²) in [5, 5.41) is 0. The van der Waals surface area contributed by atoms with E-state index in [9.17, 15) is 13.2 Å². The maximum Gasteiger partial charge on any atom is 0.187 e. The predicted molar refractivity (Wildman–Crippen MR) is 114 cm³/mol. The smallest absolute Gasteiger partial charge is 0.187 e. The van der Waals surface area contributed by atoms with E-state index in [1.165, 1.54) is 0 Å². The molecular formula is C24H19NO3S. The van der Waals surface area contributed by atoms with Gasteiger partial charge in [0.2, 0.25) is 0 Å². The van der Waals surface area contributed by atoms with Crippen molar-refractivity contribution in [3.8, 4) is 22.5 Å². The fourth-order valence-corrected chi connectivity index (χ4v) is 4.68. The molecule has 144 valence electrons. The molecule has 0 radical (unpaired) electrons. The van der Waals surface area contributed by atoms with Crippen molar-refractivity contribution in [3.05, 3.63) is 103 Å². The van der Waals surface area contributed by atoms with Crippen LogP contribution >= 0.6 is 0 Å². The molecule has 0 atom stereocenters. The van der Waals surface area contributed by atoms with Crippen LogP contribution in [0.4, 0.5) is 0 Å². The summed E-state index contributed by atoms with van der Waals surface area (Å²) in [6, 6.07) is 28.9. The van der Waals surface area contributed by atoms with Crippen LogP contribution in [0.1, 0.15) is 10.4 Å². The Morgan fingerprint density at radius 3 is 1.83 bits per heavy atom. The van der Waals surface area contributed by atoms with E-state index < -0.39 is 21.4 Å². The van der Waals surface area contributed by atoms with Crippen molar-refractivity contribution < 1.29 is 13.2 Å². The van der Waals surface area contributed by atoms with Crippen LogP contribution in [0.5, 0.6) is 0 Å². The highest BCUT2D eigenvalue weighted by atomic mass is 32.2. The fourth-order valence-electron chi connectivity index (χ4n) is 3.23. The van der Waals surface area contributed by atoms with E-state index in [0.29, 0.717) is 17.0 Å². The molecule has 5 heteroatoms. The molecule has 1 N–H and O–H groups in total. The van der Waals surface area contributed by atoms with Crippen molar-refractivity contribution >= 4 is 15.6 Å². The van der Waals surface area contributed by atoms with Crippen molar-refractivity contribution in [2.45, 2.75) is 4.90 Å². The van der Waals surface area contributed by atoms with Gasteiger partial charge in [0.05, 0.1) is 10.6 Å². The molecule has 4 aromatic rings. The number of hydrogen-bond acceptors (Lipinski definition) is 3. The van der Waals surface area contributed by atoms with Crippen LogP contribution in [-0.4, -0.2) is 24.9 Å². The van der Waals surface area contributed by atoms with E-state index in [1.807, 2.05) is 60.7 Å². The van der Waals surface area contributed by atoms with Gasteiger partial charge in [-0.15, -0.1) is 0 Å². The van der Waals surface area contributed by atoms with Crippen LogP contribution in [0.2, 0.25) is 0 Å². The van der Waals surface area contributed by atoms with Gasteiger partial charge in [-0.05, 0) is 17.2 Å². The Hall–Kier alpha value is -3.44. The molecule has 0 aliphatic heterocycles. The maximum absolute atomic E-state index is 13.2. The van der Waals surface area contributed by atoms with Gasteiger partial charge in [-0.25, -0.2) is 8.42 Å². The molecule has 0 bridgehead atoms. The van der Waals surface area contributed by atoms with Crippen molar-refractivity contribution in [1.82, 2.24) is 4.98 Å². The molecule has 1 aromatic heterocycles. The molecule has 0 aliphatic carbocycles. The first-order valence-electron chi connectivity index (χ1n) is 9.19. The molecule has 0 unspecified atom stereocenters. The third-order valence-electron chi connectivity index (χ3n) is 4.68. The zero-order valence-corrected chi connectivity index (χ0v) is 16.4. The average Bonchev–Trinajstić information content (AvgIpc) is 3.22. The van der Waals surface area contributed by atoms with Gasteiger partial charge in [-0.2, -0.15) is 0 Å². The minimum absolute atomic E-state index is 0.131. The van der Waals surface area contributed by atoms with Gasteiger partial charge in [0, 0.05) is 11.3 Å². The topological polar surface area (TPSA) is 67.0 Å². The number of aromatic nitrogens is 1. The number of carbonyl (C=O) groups excluding carboxylic acids is 1. The Morgan fingerprint density at radius 2 is 1.24 bits per heavy atom. The molecule has 0 fully saturated rings. The Morgan fingerprint density at radius 1 is 0.724 bits per heavy atom. The summed E-state index contributed by atoms with van der Waals surface area (Å²) in [7, 11) is -3.85. The Balaban J connectivity index is 1.79. The second kappa shape index (κ2) is 7.89. The molecule has 0 spiro atoms. The second-order valence-electron chi connectivity index (χ2n) is 6.70. The summed E-state index contributed by atoms with van der Waals surface area (Å²) in [6.45, 7) is 0. The molecule has 0 saturated carbocycles. The van der Waals surface area contributed by atoms with Gasteiger partial charge in [0.15, 0.2) is 15.6 Å². The number of carbonyl (C=O) groups is 1. The normalized spacial score (nSPS) is 11.3. The fraction of sp³-hybridized carbons (Fsp3) is 0.0417. The Labute approximate surface area is 169 Å². The minimum atomic E-state index is -3.85. The van der Waals surface area contributed by atoms with Crippen molar-refractivity contribution in [2.24, 2.45) is 0 Å². The zero-order chi connectivity index (χ0) is 20.3. The number of benzene rings is 3. The van der Waals surface area contributed by atoms with Gasteiger partial charge in [0.1, 0.15) is 5.75 Å². The molecule has 4 nitrogen and oxygen atoms in total. The highest BCUT2D eigenvalue weighted by molar-refractivity contribution is 7.92. The van der Waals surface area contributed by atoms with Gasteiger partial charge < -0.3 is 4.98 Å². The first-order chi connectivity index (χ1) is 14.0. The highest BCUT2D eigenvalue weighted by Crippen LogP contribution is 2.32. The van der Waals surface area contributed by atoms with Gasteiger partial charge in [0.25, 0.3) is 0 Å². The first kappa shape index (κ1) is 18.9. The van der Waals surface area contributed by atoms with E-state index in [1.54, 1.807) is 36.4 Å².